The van der Waals surface area contributed by atoms with E-state index in [1.54, 1.807) is 35.2 Å². The van der Waals surface area contributed by atoms with E-state index in [4.69, 9.17) is 11.6 Å². The second-order valence-corrected chi connectivity index (χ2v) is 6.82. The first kappa shape index (κ1) is 16.1. The molecule has 2 aliphatic rings. The number of benzene rings is 1. The van der Waals surface area contributed by atoms with Crippen LogP contribution in [-0.2, 0) is 13.0 Å². The molecule has 1 unspecified atom stereocenters. The Balaban J connectivity index is 1.51. The van der Waals surface area contributed by atoms with Crippen molar-refractivity contribution < 1.29 is 9.18 Å². The van der Waals surface area contributed by atoms with Crippen LogP contribution in [0.5, 0.6) is 0 Å². The predicted molar refractivity (Wildman–Crippen MR) is 95.3 cm³/mol. The topological polar surface area (TPSA) is 61.0 Å². The molecule has 0 spiro atoms. The Morgan fingerprint density at radius 1 is 1.40 bits per heavy atom. The van der Waals surface area contributed by atoms with Crippen molar-refractivity contribution in [2.75, 3.05) is 11.9 Å². The largest absolute Gasteiger partial charge is 0.322 e. The number of anilines is 1. The van der Waals surface area contributed by atoms with E-state index in [0.29, 0.717) is 43.1 Å². The lowest BCUT2D eigenvalue weighted by atomic mass is 10.0. The lowest BCUT2D eigenvalue weighted by molar-refractivity contribution is 0.206. The summed E-state index contributed by atoms with van der Waals surface area (Å²) in [4.78, 5) is 14.3. The monoisotopic (exact) mass is 360 g/mol. The number of carbonyl (C=O) groups is 1. The second kappa shape index (κ2) is 6.52. The van der Waals surface area contributed by atoms with Gasteiger partial charge < -0.3 is 10.2 Å². The second-order valence-electron chi connectivity index (χ2n) is 6.39. The quantitative estimate of drug-likeness (QED) is 0.844. The van der Waals surface area contributed by atoms with Gasteiger partial charge in [-0.25, -0.2) is 9.18 Å². The Labute approximate surface area is 149 Å². The minimum atomic E-state index is -0.895. The minimum absolute atomic E-state index is 0.177. The van der Waals surface area contributed by atoms with Crippen LogP contribution in [0.4, 0.5) is 14.9 Å². The Kier molecular flexibility index (Phi) is 4.21. The molecule has 1 aliphatic heterocycles. The van der Waals surface area contributed by atoms with E-state index >= 15 is 0 Å². The fourth-order valence-corrected chi connectivity index (χ4v) is 3.57. The molecule has 2 amide bonds. The molecule has 0 saturated carbocycles. The van der Waals surface area contributed by atoms with Crippen LogP contribution in [0.3, 0.4) is 0 Å². The molecule has 0 radical (unpaired) electrons. The molecule has 0 saturated heterocycles. The molecule has 1 atom stereocenters. The highest BCUT2D eigenvalue weighted by molar-refractivity contribution is 6.30. The minimum Gasteiger partial charge on any atom is -0.320 e. The number of urea groups is 1. The Morgan fingerprint density at radius 2 is 2.28 bits per heavy atom. The van der Waals surface area contributed by atoms with Crippen molar-refractivity contribution in [2.45, 2.75) is 32.0 Å². The van der Waals surface area contributed by atoms with E-state index < -0.39 is 6.17 Å². The number of rotatable bonds is 2. The number of aromatic nitrogens is 2. The van der Waals surface area contributed by atoms with Gasteiger partial charge in [-0.2, -0.15) is 5.10 Å². The van der Waals surface area contributed by atoms with E-state index in [2.05, 4.69) is 15.5 Å². The molecule has 7 heteroatoms. The molecule has 2 aromatic rings. The molecule has 2 N–H and O–H groups in total. The zero-order chi connectivity index (χ0) is 17.4. The van der Waals surface area contributed by atoms with Crippen molar-refractivity contribution in [3.05, 3.63) is 52.3 Å². The van der Waals surface area contributed by atoms with Crippen LogP contribution in [0.1, 0.15) is 29.8 Å². The number of amides is 2. The number of H-pyrrole nitrogens is 1. The van der Waals surface area contributed by atoms with Gasteiger partial charge in [-0.3, -0.25) is 5.10 Å². The first-order valence-electron chi connectivity index (χ1n) is 8.33. The third kappa shape index (κ3) is 3.26. The summed E-state index contributed by atoms with van der Waals surface area (Å²) in [7, 11) is 0. The normalized spacial score (nSPS) is 19.5. The predicted octanol–water partition coefficient (Wildman–Crippen LogP) is 4.17. The summed E-state index contributed by atoms with van der Waals surface area (Å²) < 4.78 is 13.5. The molecule has 5 nitrogen and oxygen atoms in total. The van der Waals surface area contributed by atoms with E-state index in [-0.39, 0.29) is 6.03 Å². The van der Waals surface area contributed by atoms with Gasteiger partial charge in [0.25, 0.3) is 0 Å². The molecule has 0 bridgehead atoms. The van der Waals surface area contributed by atoms with Crippen molar-refractivity contribution in [2.24, 2.45) is 0 Å². The van der Waals surface area contributed by atoms with E-state index in [0.717, 1.165) is 22.5 Å². The van der Waals surface area contributed by atoms with Crippen molar-refractivity contribution >= 4 is 28.9 Å². The van der Waals surface area contributed by atoms with E-state index in [1.165, 1.54) is 0 Å². The number of hydrogen-bond donors (Lipinski definition) is 2. The molecule has 2 heterocycles. The fraction of sp³-hybridized carbons (Fsp3) is 0.333. The van der Waals surface area contributed by atoms with Gasteiger partial charge in [-0.1, -0.05) is 17.7 Å². The number of fused-ring (bicyclic) bond motifs is 1. The van der Waals surface area contributed by atoms with Gasteiger partial charge in [-0.15, -0.1) is 0 Å². The summed E-state index contributed by atoms with van der Waals surface area (Å²) in [5.74, 6) is 0. The van der Waals surface area contributed by atoms with Crippen LogP contribution in [0.2, 0.25) is 5.02 Å². The summed E-state index contributed by atoms with van der Waals surface area (Å²) in [6, 6.07) is 6.88. The number of nitrogens with zero attached hydrogens (tertiary/aromatic N) is 2. The molecule has 4 rings (SSSR count). The zero-order valence-corrected chi connectivity index (χ0v) is 14.3. The van der Waals surface area contributed by atoms with Gasteiger partial charge in [0.2, 0.25) is 0 Å². The smallest absolute Gasteiger partial charge is 0.320 e. The average Bonchev–Trinajstić information content (AvgIpc) is 3.20. The summed E-state index contributed by atoms with van der Waals surface area (Å²) in [6.07, 6.45) is 2.65. The maximum atomic E-state index is 13.5. The Morgan fingerprint density at radius 3 is 3.04 bits per heavy atom. The van der Waals surface area contributed by atoms with Gasteiger partial charge in [-0.05, 0) is 42.7 Å². The summed E-state index contributed by atoms with van der Waals surface area (Å²) in [5.41, 5.74) is 4.42. The molecular formula is C18H18ClFN4O. The van der Waals surface area contributed by atoms with Crippen molar-refractivity contribution in [1.29, 1.82) is 0 Å². The molecule has 1 aromatic heterocycles. The first-order valence-corrected chi connectivity index (χ1v) is 8.70. The molecular weight excluding hydrogens is 343 g/mol. The van der Waals surface area contributed by atoms with Crippen LogP contribution >= 0.6 is 11.6 Å². The number of nitrogens with one attached hydrogen (secondary N) is 2. The van der Waals surface area contributed by atoms with E-state index in [9.17, 15) is 9.18 Å². The number of aromatic amines is 1. The highest BCUT2D eigenvalue weighted by atomic mass is 35.5. The molecule has 0 fully saturated rings. The van der Waals surface area contributed by atoms with Gasteiger partial charge in [0, 0.05) is 34.9 Å². The van der Waals surface area contributed by atoms with E-state index in [1.807, 2.05) is 0 Å². The van der Waals surface area contributed by atoms with Crippen LogP contribution in [-0.4, -0.2) is 33.8 Å². The lowest BCUT2D eigenvalue weighted by Crippen LogP contribution is -2.39. The van der Waals surface area contributed by atoms with Gasteiger partial charge in [0.05, 0.1) is 12.2 Å². The molecule has 130 valence electrons. The van der Waals surface area contributed by atoms with Gasteiger partial charge >= 0.3 is 6.03 Å². The maximum absolute atomic E-state index is 13.5. The Bertz CT molecular complexity index is 847. The molecule has 25 heavy (non-hydrogen) atoms. The van der Waals surface area contributed by atoms with Crippen LogP contribution < -0.4 is 5.32 Å². The highest BCUT2D eigenvalue weighted by Crippen LogP contribution is 2.33. The summed E-state index contributed by atoms with van der Waals surface area (Å²) in [6.45, 7) is 1.06. The number of halogens is 2. The first-order chi connectivity index (χ1) is 12.1. The number of allylic oxidation sites excluding steroid dienone is 2. The van der Waals surface area contributed by atoms with Gasteiger partial charge in [0.1, 0.15) is 6.17 Å². The zero-order valence-electron chi connectivity index (χ0n) is 13.6. The summed E-state index contributed by atoms with van der Waals surface area (Å²) >= 11 is 5.96. The number of hydrogen-bond acceptors (Lipinski definition) is 2. The third-order valence-corrected chi connectivity index (χ3v) is 4.91. The van der Waals surface area contributed by atoms with Crippen molar-refractivity contribution in [1.82, 2.24) is 15.1 Å². The van der Waals surface area contributed by atoms with Crippen molar-refractivity contribution in [3.8, 4) is 0 Å². The molecule has 1 aliphatic carbocycles. The molecule has 1 aromatic carbocycles. The SMILES string of the molecule is O=C(Nc1cccc(Cl)c1)N1CCc2[nH]nc(C3=CC(F)CC3)c2C1. The number of alkyl halides is 1. The maximum Gasteiger partial charge on any atom is 0.322 e. The van der Waals surface area contributed by atoms with Crippen molar-refractivity contribution in [3.63, 3.8) is 0 Å². The standard InChI is InChI=1S/C18H18ClFN4O/c19-12-2-1-3-14(9-12)21-18(25)24-7-6-16-15(10-24)17(23-22-16)11-4-5-13(20)8-11/h1-3,8-9,13H,4-7,10H2,(H,21,25)(H,22,23). The van der Waals surface area contributed by atoms with Crippen LogP contribution in [0.15, 0.2) is 30.3 Å². The lowest BCUT2D eigenvalue weighted by Gasteiger charge is -2.27. The highest BCUT2D eigenvalue weighted by Gasteiger charge is 2.28. The third-order valence-electron chi connectivity index (χ3n) is 4.67. The van der Waals surface area contributed by atoms with Gasteiger partial charge in [0.15, 0.2) is 0 Å². The van der Waals surface area contributed by atoms with Crippen LogP contribution in [0, 0.1) is 0 Å². The average molecular weight is 361 g/mol. The van der Waals surface area contributed by atoms with Crippen LogP contribution in [0.25, 0.3) is 5.57 Å². The number of carbonyl (C=O) groups excluding carboxylic acids is 1. The summed E-state index contributed by atoms with van der Waals surface area (Å²) in [5, 5.41) is 10.9. The Hall–Kier alpha value is -2.34. The fourth-order valence-electron chi connectivity index (χ4n) is 3.38.